The highest BCUT2D eigenvalue weighted by Gasteiger charge is 2.26. The molecule has 0 N–H and O–H groups in total. The second-order valence-electron chi connectivity index (χ2n) is 6.69. The molecular formula is C14H24N2O2S2. The standard InChI is InChI=1S/C14H24N2O2S2/c1-14(2,3)12-10-19-13(15-12)9-11-5-7-16(8-6-11)20(4,17)18/h10-11H,5-9H2,1-4H3. The lowest BCUT2D eigenvalue weighted by Crippen LogP contribution is -2.38. The van der Waals surface area contributed by atoms with E-state index in [9.17, 15) is 8.42 Å². The first-order chi connectivity index (χ1) is 9.16. The third-order valence-electron chi connectivity index (χ3n) is 3.83. The van der Waals surface area contributed by atoms with Crippen LogP contribution in [-0.2, 0) is 21.9 Å². The monoisotopic (exact) mass is 316 g/mol. The zero-order chi connectivity index (χ0) is 15.0. The number of piperidine rings is 1. The van der Waals surface area contributed by atoms with Gasteiger partial charge in [-0.3, -0.25) is 0 Å². The first-order valence-corrected chi connectivity index (χ1v) is 9.79. The number of nitrogens with zero attached hydrogens (tertiary/aromatic N) is 2. The highest BCUT2D eigenvalue weighted by Crippen LogP contribution is 2.28. The maximum absolute atomic E-state index is 11.5. The first kappa shape index (κ1) is 15.9. The van der Waals surface area contributed by atoms with Crippen LogP contribution in [0.15, 0.2) is 5.38 Å². The molecule has 6 heteroatoms. The summed E-state index contributed by atoms with van der Waals surface area (Å²) in [4.78, 5) is 4.73. The summed E-state index contributed by atoms with van der Waals surface area (Å²) < 4.78 is 24.6. The number of aromatic nitrogens is 1. The Balaban J connectivity index is 1.92. The molecule has 0 unspecified atom stereocenters. The quantitative estimate of drug-likeness (QED) is 0.861. The van der Waals surface area contributed by atoms with Crippen LogP contribution in [-0.4, -0.2) is 37.1 Å². The van der Waals surface area contributed by atoms with Gasteiger partial charge in [0.05, 0.1) is 17.0 Å². The smallest absolute Gasteiger partial charge is 0.211 e. The normalized spacial score (nSPS) is 19.4. The lowest BCUT2D eigenvalue weighted by atomic mass is 9.93. The highest BCUT2D eigenvalue weighted by atomic mass is 32.2. The van der Waals surface area contributed by atoms with Crippen LogP contribution in [0.3, 0.4) is 0 Å². The molecule has 1 fully saturated rings. The van der Waals surface area contributed by atoms with E-state index in [-0.39, 0.29) is 5.41 Å². The average Bonchev–Trinajstić information content (AvgIpc) is 2.77. The van der Waals surface area contributed by atoms with Crippen molar-refractivity contribution in [3.8, 4) is 0 Å². The summed E-state index contributed by atoms with van der Waals surface area (Å²) in [7, 11) is -3.02. The zero-order valence-electron chi connectivity index (χ0n) is 12.7. The summed E-state index contributed by atoms with van der Waals surface area (Å²) in [5.41, 5.74) is 1.26. The van der Waals surface area contributed by atoms with Crippen LogP contribution in [0.2, 0.25) is 0 Å². The Bertz CT molecular complexity index is 550. The molecule has 1 saturated heterocycles. The Labute approximate surface area is 126 Å². The minimum Gasteiger partial charge on any atom is -0.246 e. The van der Waals surface area contributed by atoms with E-state index in [2.05, 4.69) is 26.2 Å². The van der Waals surface area contributed by atoms with E-state index in [1.165, 1.54) is 11.3 Å². The van der Waals surface area contributed by atoms with E-state index in [0.29, 0.717) is 19.0 Å². The van der Waals surface area contributed by atoms with E-state index in [1.54, 1.807) is 15.6 Å². The number of hydrogen-bond donors (Lipinski definition) is 0. The predicted octanol–water partition coefficient (Wildman–Crippen LogP) is 2.65. The van der Waals surface area contributed by atoms with Crippen molar-refractivity contribution in [2.75, 3.05) is 19.3 Å². The molecule has 0 atom stereocenters. The third-order valence-corrected chi connectivity index (χ3v) is 6.00. The number of sulfonamides is 1. The number of rotatable bonds is 3. The Morgan fingerprint density at radius 3 is 2.40 bits per heavy atom. The summed E-state index contributed by atoms with van der Waals surface area (Å²) in [5, 5.41) is 3.34. The maximum atomic E-state index is 11.5. The summed E-state index contributed by atoms with van der Waals surface area (Å²) in [5.74, 6) is 0.562. The molecule has 0 aromatic carbocycles. The van der Waals surface area contributed by atoms with Gasteiger partial charge in [0, 0.05) is 30.3 Å². The Morgan fingerprint density at radius 2 is 1.95 bits per heavy atom. The SMILES string of the molecule is CC(C)(C)c1csc(CC2CCN(S(C)(=O)=O)CC2)n1. The van der Waals surface area contributed by atoms with Gasteiger partial charge in [0.25, 0.3) is 0 Å². The molecule has 0 bridgehead atoms. The summed E-state index contributed by atoms with van der Waals surface area (Å²) in [6, 6.07) is 0. The van der Waals surface area contributed by atoms with Gasteiger partial charge < -0.3 is 0 Å². The third kappa shape index (κ3) is 4.02. The molecule has 2 rings (SSSR count). The van der Waals surface area contributed by atoms with Gasteiger partial charge >= 0.3 is 0 Å². The molecular weight excluding hydrogens is 292 g/mol. The highest BCUT2D eigenvalue weighted by molar-refractivity contribution is 7.88. The largest absolute Gasteiger partial charge is 0.246 e. The summed E-state index contributed by atoms with van der Waals surface area (Å²) in [6.07, 6.45) is 4.16. The van der Waals surface area contributed by atoms with E-state index in [0.717, 1.165) is 25.0 Å². The van der Waals surface area contributed by atoms with Gasteiger partial charge in [-0.05, 0) is 18.8 Å². The minimum absolute atomic E-state index is 0.106. The Kier molecular flexibility index (Phi) is 4.56. The molecule has 20 heavy (non-hydrogen) atoms. The van der Waals surface area contributed by atoms with Crippen molar-refractivity contribution in [1.82, 2.24) is 9.29 Å². The fourth-order valence-electron chi connectivity index (χ4n) is 2.44. The van der Waals surface area contributed by atoms with Crippen molar-refractivity contribution in [3.05, 3.63) is 16.1 Å². The van der Waals surface area contributed by atoms with Gasteiger partial charge in [-0.1, -0.05) is 20.8 Å². The number of hydrogen-bond acceptors (Lipinski definition) is 4. The van der Waals surface area contributed by atoms with E-state index in [4.69, 9.17) is 4.98 Å². The molecule has 0 radical (unpaired) electrons. The lowest BCUT2D eigenvalue weighted by molar-refractivity contribution is 0.274. The average molecular weight is 316 g/mol. The molecule has 0 amide bonds. The molecule has 0 saturated carbocycles. The maximum Gasteiger partial charge on any atom is 0.211 e. The topological polar surface area (TPSA) is 50.3 Å². The Hall–Kier alpha value is -0.460. The molecule has 0 aliphatic carbocycles. The molecule has 1 aromatic heterocycles. The predicted molar refractivity (Wildman–Crippen MR) is 83.7 cm³/mol. The summed E-state index contributed by atoms with van der Waals surface area (Å²) in [6.45, 7) is 7.84. The van der Waals surface area contributed by atoms with Crippen LogP contribution in [0.4, 0.5) is 0 Å². The van der Waals surface area contributed by atoms with Crippen molar-refractivity contribution in [2.24, 2.45) is 5.92 Å². The first-order valence-electron chi connectivity index (χ1n) is 7.06. The van der Waals surface area contributed by atoms with E-state index >= 15 is 0 Å². The molecule has 114 valence electrons. The van der Waals surface area contributed by atoms with Crippen molar-refractivity contribution >= 4 is 21.4 Å². The molecule has 2 heterocycles. The van der Waals surface area contributed by atoms with Crippen LogP contribution >= 0.6 is 11.3 Å². The molecule has 1 aliphatic heterocycles. The second-order valence-corrected chi connectivity index (χ2v) is 9.61. The molecule has 1 aliphatic rings. The fraction of sp³-hybridized carbons (Fsp3) is 0.786. The molecule has 1 aromatic rings. The van der Waals surface area contributed by atoms with E-state index < -0.39 is 10.0 Å². The van der Waals surface area contributed by atoms with Crippen molar-refractivity contribution in [3.63, 3.8) is 0 Å². The van der Waals surface area contributed by atoms with Crippen LogP contribution in [0.25, 0.3) is 0 Å². The fourth-order valence-corrected chi connectivity index (χ4v) is 4.45. The van der Waals surface area contributed by atoms with Gasteiger partial charge in [0.2, 0.25) is 10.0 Å². The van der Waals surface area contributed by atoms with Gasteiger partial charge in [-0.25, -0.2) is 17.7 Å². The van der Waals surface area contributed by atoms with Gasteiger partial charge in [0.15, 0.2) is 0 Å². The second kappa shape index (κ2) is 5.73. The van der Waals surface area contributed by atoms with Crippen molar-refractivity contribution in [1.29, 1.82) is 0 Å². The number of thiazole rings is 1. The van der Waals surface area contributed by atoms with Gasteiger partial charge in [0.1, 0.15) is 0 Å². The van der Waals surface area contributed by atoms with Gasteiger partial charge in [-0.2, -0.15) is 0 Å². The zero-order valence-corrected chi connectivity index (χ0v) is 14.4. The van der Waals surface area contributed by atoms with Crippen molar-refractivity contribution in [2.45, 2.75) is 45.4 Å². The minimum atomic E-state index is -3.02. The van der Waals surface area contributed by atoms with Crippen LogP contribution in [0.1, 0.15) is 44.3 Å². The van der Waals surface area contributed by atoms with Crippen LogP contribution in [0.5, 0.6) is 0 Å². The Morgan fingerprint density at radius 1 is 1.35 bits per heavy atom. The molecule has 4 nitrogen and oxygen atoms in total. The van der Waals surface area contributed by atoms with E-state index in [1.807, 2.05) is 0 Å². The lowest BCUT2D eigenvalue weighted by Gasteiger charge is -2.29. The summed E-state index contributed by atoms with van der Waals surface area (Å²) >= 11 is 1.73. The van der Waals surface area contributed by atoms with Crippen molar-refractivity contribution < 1.29 is 8.42 Å². The van der Waals surface area contributed by atoms with Gasteiger partial charge in [-0.15, -0.1) is 11.3 Å². The van der Waals surface area contributed by atoms with Crippen LogP contribution < -0.4 is 0 Å². The molecule has 0 spiro atoms. The van der Waals surface area contributed by atoms with Crippen LogP contribution in [0, 0.1) is 5.92 Å².